The van der Waals surface area contributed by atoms with E-state index in [1.54, 1.807) is 31.2 Å². The van der Waals surface area contributed by atoms with E-state index in [2.05, 4.69) is 0 Å². The Kier molecular flexibility index (Phi) is 4.09. The zero-order chi connectivity index (χ0) is 13.9. The van der Waals surface area contributed by atoms with Crippen molar-refractivity contribution in [3.8, 4) is 0 Å². The molecule has 1 aromatic carbocycles. The van der Waals surface area contributed by atoms with Crippen LogP contribution in [0.15, 0.2) is 24.3 Å². The molecule has 0 atom stereocenters. The SMILES string of the molecule is CCOC(=O)c1cccc(N2CCCCS2(=O)=O)c1. The van der Waals surface area contributed by atoms with Gasteiger partial charge < -0.3 is 4.74 Å². The molecule has 5 nitrogen and oxygen atoms in total. The molecule has 19 heavy (non-hydrogen) atoms. The van der Waals surface area contributed by atoms with E-state index < -0.39 is 16.0 Å². The molecule has 0 aliphatic carbocycles. The van der Waals surface area contributed by atoms with Crippen LogP contribution in [-0.2, 0) is 14.8 Å². The molecule has 1 aliphatic rings. The average molecular weight is 283 g/mol. The van der Waals surface area contributed by atoms with Gasteiger partial charge in [0.15, 0.2) is 0 Å². The van der Waals surface area contributed by atoms with Gasteiger partial charge in [-0.3, -0.25) is 4.31 Å². The second kappa shape index (κ2) is 5.61. The number of hydrogen-bond donors (Lipinski definition) is 0. The minimum absolute atomic E-state index is 0.163. The lowest BCUT2D eigenvalue weighted by molar-refractivity contribution is 0.0526. The summed E-state index contributed by atoms with van der Waals surface area (Å²) >= 11 is 0. The molecule has 104 valence electrons. The lowest BCUT2D eigenvalue weighted by Crippen LogP contribution is -2.37. The van der Waals surface area contributed by atoms with Crippen molar-refractivity contribution in [1.82, 2.24) is 0 Å². The van der Waals surface area contributed by atoms with Crippen LogP contribution in [0.3, 0.4) is 0 Å². The number of sulfonamides is 1. The number of ether oxygens (including phenoxy) is 1. The van der Waals surface area contributed by atoms with Gasteiger partial charge in [-0.1, -0.05) is 6.07 Å². The molecule has 1 heterocycles. The fraction of sp³-hybridized carbons (Fsp3) is 0.462. The second-order valence-electron chi connectivity index (χ2n) is 4.37. The predicted octanol–water partition coefficient (Wildman–Crippen LogP) is 1.79. The van der Waals surface area contributed by atoms with E-state index in [0.29, 0.717) is 30.8 Å². The molecule has 0 spiro atoms. The van der Waals surface area contributed by atoms with Gasteiger partial charge in [-0.25, -0.2) is 13.2 Å². The Morgan fingerprint density at radius 1 is 1.37 bits per heavy atom. The largest absolute Gasteiger partial charge is 0.462 e. The van der Waals surface area contributed by atoms with Gasteiger partial charge in [-0.05, 0) is 38.0 Å². The summed E-state index contributed by atoms with van der Waals surface area (Å²) < 4.78 is 30.3. The van der Waals surface area contributed by atoms with E-state index in [4.69, 9.17) is 4.74 Å². The van der Waals surface area contributed by atoms with Crippen molar-refractivity contribution in [2.24, 2.45) is 0 Å². The summed E-state index contributed by atoms with van der Waals surface area (Å²) in [4.78, 5) is 11.7. The molecule has 6 heteroatoms. The molecule has 0 aromatic heterocycles. The number of benzene rings is 1. The van der Waals surface area contributed by atoms with Crippen molar-refractivity contribution in [2.45, 2.75) is 19.8 Å². The zero-order valence-corrected chi connectivity index (χ0v) is 11.6. The molecule has 2 rings (SSSR count). The summed E-state index contributed by atoms with van der Waals surface area (Å²) in [5.41, 5.74) is 0.908. The van der Waals surface area contributed by atoms with Crippen molar-refractivity contribution in [1.29, 1.82) is 0 Å². The van der Waals surface area contributed by atoms with E-state index in [1.807, 2.05) is 0 Å². The van der Waals surface area contributed by atoms with Crippen LogP contribution in [0.4, 0.5) is 5.69 Å². The first-order chi connectivity index (χ1) is 9.04. The van der Waals surface area contributed by atoms with Gasteiger partial charge in [0.25, 0.3) is 0 Å². The third-order valence-electron chi connectivity index (χ3n) is 2.99. The fourth-order valence-electron chi connectivity index (χ4n) is 2.08. The van der Waals surface area contributed by atoms with E-state index >= 15 is 0 Å². The van der Waals surface area contributed by atoms with Crippen LogP contribution in [0.1, 0.15) is 30.1 Å². The highest BCUT2D eigenvalue weighted by Gasteiger charge is 2.26. The normalized spacial score (nSPS) is 18.1. The minimum atomic E-state index is -3.25. The Labute approximate surface area is 113 Å². The van der Waals surface area contributed by atoms with Crippen LogP contribution in [0.5, 0.6) is 0 Å². The highest BCUT2D eigenvalue weighted by Crippen LogP contribution is 2.24. The van der Waals surface area contributed by atoms with E-state index in [-0.39, 0.29) is 5.75 Å². The molecule has 1 aliphatic heterocycles. The highest BCUT2D eigenvalue weighted by molar-refractivity contribution is 7.92. The van der Waals surface area contributed by atoms with E-state index in [1.165, 1.54) is 4.31 Å². The first-order valence-electron chi connectivity index (χ1n) is 6.32. The van der Waals surface area contributed by atoms with Crippen LogP contribution in [0, 0.1) is 0 Å². The average Bonchev–Trinajstić information content (AvgIpc) is 2.38. The van der Waals surface area contributed by atoms with Crippen molar-refractivity contribution in [3.05, 3.63) is 29.8 Å². The molecule has 0 bridgehead atoms. The van der Waals surface area contributed by atoms with Gasteiger partial charge in [0.1, 0.15) is 0 Å². The van der Waals surface area contributed by atoms with Crippen LogP contribution >= 0.6 is 0 Å². The quantitative estimate of drug-likeness (QED) is 0.793. The molecule has 1 fully saturated rings. The fourth-order valence-corrected chi connectivity index (χ4v) is 3.71. The highest BCUT2D eigenvalue weighted by atomic mass is 32.2. The van der Waals surface area contributed by atoms with Gasteiger partial charge in [0.05, 0.1) is 23.6 Å². The van der Waals surface area contributed by atoms with Crippen molar-refractivity contribution >= 4 is 21.7 Å². The monoisotopic (exact) mass is 283 g/mol. The van der Waals surface area contributed by atoms with Crippen LogP contribution < -0.4 is 4.31 Å². The number of carbonyl (C=O) groups is 1. The Morgan fingerprint density at radius 3 is 2.84 bits per heavy atom. The number of esters is 1. The number of anilines is 1. The van der Waals surface area contributed by atoms with Crippen LogP contribution in [-0.4, -0.2) is 33.3 Å². The van der Waals surface area contributed by atoms with Crippen LogP contribution in [0.25, 0.3) is 0 Å². The lowest BCUT2D eigenvalue weighted by atomic mass is 10.2. The third kappa shape index (κ3) is 3.07. The van der Waals surface area contributed by atoms with Crippen molar-refractivity contribution < 1.29 is 17.9 Å². The number of nitrogens with zero attached hydrogens (tertiary/aromatic N) is 1. The lowest BCUT2D eigenvalue weighted by Gasteiger charge is -2.28. The van der Waals surface area contributed by atoms with Gasteiger partial charge >= 0.3 is 5.97 Å². The molecule has 1 aromatic rings. The predicted molar refractivity (Wildman–Crippen MR) is 72.8 cm³/mol. The van der Waals surface area contributed by atoms with Gasteiger partial charge in [-0.15, -0.1) is 0 Å². The van der Waals surface area contributed by atoms with Crippen LogP contribution in [0.2, 0.25) is 0 Å². The van der Waals surface area contributed by atoms with Crippen molar-refractivity contribution in [2.75, 3.05) is 23.2 Å². The number of carbonyl (C=O) groups excluding carboxylic acids is 1. The Morgan fingerprint density at radius 2 is 2.16 bits per heavy atom. The summed E-state index contributed by atoms with van der Waals surface area (Å²) in [7, 11) is -3.25. The second-order valence-corrected chi connectivity index (χ2v) is 6.38. The Bertz CT molecular complexity index is 568. The molecule has 0 amide bonds. The summed E-state index contributed by atoms with van der Waals surface area (Å²) in [6.07, 6.45) is 1.53. The maximum atomic E-state index is 12.0. The summed E-state index contributed by atoms with van der Waals surface area (Å²) in [5.74, 6) is -0.268. The first-order valence-corrected chi connectivity index (χ1v) is 7.93. The minimum Gasteiger partial charge on any atom is -0.462 e. The number of rotatable bonds is 3. The summed E-state index contributed by atoms with van der Waals surface area (Å²) in [6.45, 7) is 2.50. The molecular formula is C13H17NO4S. The van der Waals surface area contributed by atoms with E-state index in [0.717, 1.165) is 6.42 Å². The van der Waals surface area contributed by atoms with Gasteiger partial charge in [0.2, 0.25) is 10.0 Å². The molecule has 0 saturated carbocycles. The molecule has 0 radical (unpaired) electrons. The van der Waals surface area contributed by atoms with Gasteiger partial charge in [-0.2, -0.15) is 0 Å². The summed E-state index contributed by atoms with van der Waals surface area (Å²) in [6, 6.07) is 6.57. The third-order valence-corrected chi connectivity index (χ3v) is 4.86. The molecular weight excluding hydrogens is 266 g/mol. The maximum absolute atomic E-state index is 12.0. The first kappa shape index (κ1) is 13.9. The number of hydrogen-bond acceptors (Lipinski definition) is 4. The molecule has 0 unspecified atom stereocenters. The Balaban J connectivity index is 2.30. The topological polar surface area (TPSA) is 63.7 Å². The Hall–Kier alpha value is -1.56. The van der Waals surface area contributed by atoms with Crippen molar-refractivity contribution in [3.63, 3.8) is 0 Å². The smallest absolute Gasteiger partial charge is 0.338 e. The maximum Gasteiger partial charge on any atom is 0.338 e. The van der Waals surface area contributed by atoms with E-state index in [9.17, 15) is 13.2 Å². The molecule has 0 N–H and O–H groups in total. The summed E-state index contributed by atoms with van der Waals surface area (Å²) in [5, 5.41) is 0. The standard InChI is InChI=1S/C13H17NO4S/c1-2-18-13(15)11-6-5-7-12(10-11)14-8-3-4-9-19(14,16)17/h5-7,10H,2-4,8-9H2,1H3. The van der Waals surface area contributed by atoms with Gasteiger partial charge in [0, 0.05) is 6.54 Å². The molecule has 1 saturated heterocycles. The zero-order valence-electron chi connectivity index (χ0n) is 10.8.